The van der Waals surface area contributed by atoms with Gasteiger partial charge in [0.15, 0.2) is 0 Å². The van der Waals surface area contributed by atoms with Crippen molar-refractivity contribution in [1.29, 1.82) is 0 Å². The summed E-state index contributed by atoms with van der Waals surface area (Å²) < 4.78 is 1.03. The molecule has 0 radical (unpaired) electrons. The first-order valence-corrected chi connectivity index (χ1v) is 5.54. The van der Waals surface area contributed by atoms with Crippen LogP contribution in [-0.4, -0.2) is 18.3 Å². The topological polar surface area (TPSA) is 32.3 Å². The van der Waals surface area contributed by atoms with Gasteiger partial charge in [-0.25, -0.2) is 0 Å². The SMILES string of the molecule is CCNC(C)(CO)c1ccccc1Br. The highest BCUT2D eigenvalue weighted by molar-refractivity contribution is 9.10. The molecule has 0 spiro atoms. The Morgan fingerprint density at radius 2 is 2.07 bits per heavy atom. The Kier molecular flexibility index (Phi) is 4.11. The van der Waals surface area contributed by atoms with Crippen LogP contribution in [0.3, 0.4) is 0 Å². The predicted octanol–water partition coefficient (Wildman–Crippen LogP) is 2.27. The molecule has 1 atom stereocenters. The average Bonchev–Trinajstić information content (AvgIpc) is 2.18. The second kappa shape index (κ2) is 4.91. The third kappa shape index (κ3) is 2.35. The van der Waals surface area contributed by atoms with Crippen molar-refractivity contribution in [2.24, 2.45) is 0 Å². The van der Waals surface area contributed by atoms with Gasteiger partial charge in [0.25, 0.3) is 0 Å². The quantitative estimate of drug-likeness (QED) is 0.868. The van der Waals surface area contributed by atoms with E-state index in [-0.39, 0.29) is 12.1 Å². The summed E-state index contributed by atoms with van der Waals surface area (Å²) in [6.07, 6.45) is 0. The largest absolute Gasteiger partial charge is 0.394 e. The Bertz CT molecular complexity index is 303. The molecule has 0 saturated carbocycles. The summed E-state index contributed by atoms with van der Waals surface area (Å²) in [5.41, 5.74) is 0.721. The number of hydrogen-bond acceptors (Lipinski definition) is 2. The van der Waals surface area contributed by atoms with E-state index < -0.39 is 0 Å². The lowest BCUT2D eigenvalue weighted by Gasteiger charge is -2.29. The van der Waals surface area contributed by atoms with E-state index in [4.69, 9.17) is 0 Å². The van der Waals surface area contributed by atoms with Gasteiger partial charge in [0.2, 0.25) is 0 Å². The fraction of sp³-hybridized carbons (Fsp3) is 0.455. The van der Waals surface area contributed by atoms with Crippen LogP contribution >= 0.6 is 15.9 Å². The van der Waals surface area contributed by atoms with Crippen LogP contribution in [0.2, 0.25) is 0 Å². The monoisotopic (exact) mass is 257 g/mol. The van der Waals surface area contributed by atoms with Crippen molar-refractivity contribution < 1.29 is 5.11 Å². The van der Waals surface area contributed by atoms with Crippen molar-refractivity contribution in [3.8, 4) is 0 Å². The molecular formula is C11H16BrNO. The van der Waals surface area contributed by atoms with Crippen molar-refractivity contribution in [3.63, 3.8) is 0 Å². The van der Waals surface area contributed by atoms with Gasteiger partial charge in [0.1, 0.15) is 0 Å². The molecule has 14 heavy (non-hydrogen) atoms. The van der Waals surface area contributed by atoms with Gasteiger partial charge in [0.05, 0.1) is 12.1 Å². The molecule has 1 aromatic carbocycles. The Morgan fingerprint density at radius 1 is 1.43 bits per heavy atom. The molecular weight excluding hydrogens is 242 g/mol. The highest BCUT2D eigenvalue weighted by Crippen LogP contribution is 2.27. The number of benzene rings is 1. The van der Waals surface area contributed by atoms with E-state index in [9.17, 15) is 5.11 Å². The van der Waals surface area contributed by atoms with E-state index in [2.05, 4.69) is 21.2 Å². The van der Waals surface area contributed by atoms with Crippen LogP contribution in [0.5, 0.6) is 0 Å². The van der Waals surface area contributed by atoms with Gasteiger partial charge in [-0.1, -0.05) is 41.1 Å². The van der Waals surface area contributed by atoms with Crippen molar-refractivity contribution >= 4 is 15.9 Å². The van der Waals surface area contributed by atoms with E-state index in [1.165, 1.54) is 0 Å². The van der Waals surface area contributed by atoms with E-state index in [0.717, 1.165) is 16.6 Å². The van der Waals surface area contributed by atoms with Crippen LogP contribution in [-0.2, 0) is 5.54 Å². The van der Waals surface area contributed by atoms with Crippen molar-refractivity contribution in [3.05, 3.63) is 34.3 Å². The van der Waals surface area contributed by atoms with Gasteiger partial charge in [-0.05, 0) is 25.1 Å². The van der Waals surface area contributed by atoms with Gasteiger partial charge in [-0.2, -0.15) is 0 Å². The molecule has 0 fully saturated rings. The molecule has 2 nitrogen and oxygen atoms in total. The summed E-state index contributed by atoms with van der Waals surface area (Å²) in [7, 11) is 0. The maximum absolute atomic E-state index is 9.41. The van der Waals surface area contributed by atoms with Gasteiger partial charge >= 0.3 is 0 Å². The fourth-order valence-electron chi connectivity index (χ4n) is 1.54. The van der Waals surface area contributed by atoms with Crippen LogP contribution in [0.4, 0.5) is 0 Å². The first kappa shape index (κ1) is 11.7. The van der Waals surface area contributed by atoms with Gasteiger partial charge in [-0.15, -0.1) is 0 Å². The molecule has 0 heterocycles. The average molecular weight is 258 g/mol. The lowest BCUT2D eigenvalue weighted by Crippen LogP contribution is -2.43. The summed E-state index contributed by atoms with van der Waals surface area (Å²) in [5.74, 6) is 0. The number of likely N-dealkylation sites (N-methyl/N-ethyl adjacent to an activating group) is 1. The summed E-state index contributed by atoms with van der Waals surface area (Å²) in [5, 5.41) is 12.7. The second-order valence-corrected chi connectivity index (χ2v) is 4.35. The zero-order chi connectivity index (χ0) is 10.6. The zero-order valence-electron chi connectivity index (χ0n) is 8.55. The molecule has 3 heteroatoms. The number of rotatable bonds is 4. The van der Waals surface area contributed by atoms with Gasteiger partial charge in [0, 0.05) is 4.47 Å². The second-order valence-electron chi connectivity index (χ2n) is 3.50. The smallest absolute Gasteiger partial charge is 0.0652 e. The molecule has 1 aromatic rings. The maximum atomic E-state index is 9.41. The highest BCUT2D eigenvalue weighted by atomic mass is 79.9. The molecule has 0 aliphatic rings. The molecule has 2 N–H and O–H groups in total. The number of aliphatic hydroxyl groups excluding tert-OH is 1. The van der Waals surface area contributed by atoms with Crippen molar-refractivity contribution in [1.82, 2.24) is 5.32 Å². The minimum atomic E-state index is -0.366. The Hall–Kier alpha value is -0.380. The molecule has 0 aromatic heterocycles. The molecule has 0 amide bonds. The molecule has 0 bridgehead atoms. The first-order valence-electron chi connectivity index (χ1n) is 4.75. The zero-order valence-corrected chi connectivity index (χ0v) is 10.1. The highest BCUT2D eigenvalue weighted by Gasteiger charge is 2.26. The third-order valence-corrected chi connectivity index (χ3v) is 3.04. The molecule has 1 unspecified atom stereocenters. The van der Waals surface area contributed by atoms with E-state index in [1.807, 2.05) is 38.1 Å². The van der Waals surface area contributed by atoms with Crippen molar-refractivity contribution in [2.45, 2.75) is 19.4 Å². The normalized spacial score (nSPS) is 15.1. The Morgan fingerprint density at radius 3 is 2.57 bits per heavy atom. The Balaban J connectivity index is 3.05. The van der Waals surface area contributed by atoms with E-state index >= 15 is 0 Å². The van der Waals surface area contributed by atoms with Crippen LogP contribution in [0, 0.1) is 0 Å². The maximum Gasteiger partial charge on any atom is 0.0652 e. The van der Waals surface area contributed by atoms with E-state index in [0.29, 0.717) is 0 Å². The molecule has 1 rings (SSSR count). The van der Waals surface area contributed by atoms with Crippen LogP contribution in [0.25, 0.3) is 0 Å². The summed E-state index contributed by atoms with van der Waals surface area (Å²) in [6, 6.07) is 7.95. The molecule has 0 saturated heterocycles. The summed E-state index contributed by atoms with van der Waals surface area (Å²) in [4.78, 5) is 0. The lowest BCUT2D eigenvalue weighted by atomic mass is 9.93. The first-order chi connectivity index (χ1) is 6.64. The van der Waals surface area contributed by atoms with E-state index in [1.54, 1.807) is 0 Å². The minimum Gasteiger partial charge on any atom is -0.394 e. The standard InChI is InChI=1S/C11H16BrNO/c1-3-13-11(2,8-14)9-6-4-5-7-10(9)12/h4-7,13-14H,3,8H2,1-2H3. The fourth-order valence-corrected chi connectivity index (χ4v) is 2.26. The third-order valence-electron chi connectivity index (χ3n) is 2.35. The van der Waals surface area contributed by atoms with Gasteiger partial charge < -0.3 is 10.4 Å². The van der Waals surface area contributed by atoms with Crippen LogP contribution in [0.15, 0.2) is 28.7 Å². The van der Waals surface area contributed by atoms with Crippen molar-refractivity contribution in [2.75, 3.05) is 13.2 Å². The molecule has 78 valence electrons. The summed E-state index contributed by atoms with van der Waals surface area (Å²) in [6.45, 7) is 4.95. The number of aliphatic hydroxyl groups is 1. The predicted molar refractivity (Wildman–Crippen MR) is 62.3 cm³/mol. The number of halogens is 1. The lowest BCUT2D eigenvalue weighted by molar-refractivity contribution is 0.177. The van der Waals surface area contributed by atoms with Gasteiger partial charge in [-0.3, -0.25) is 0 Å². The number of hydrogen-bond donors (Lipinski definition) is 2. The van der Waals surface area contributed by atoms with Crippen LogP contribution < -0.4 is 5.32 Å². The number of nitrogens with one attached hydrogen (secondary N) is 1. The molecule has 0 aliphatic carbocycles. The molecule has 0 aliphatic heterocycles. The summed E-state index contributed by atoms with van der Waals surface area (Å²) >= 11 is 3.49. The Labute approximate surface area is 93.5 Å². The van der Waals surface area contributed by atoms with Crippen LogP contribution in [0.1, 0.15) is 19.4 Å². The minimum absolute atomic E-state index is 0.0868.